The van der Waals surface area contributed by atoms with Gasteiger partial charge in [0.1, 0.15) is 0 Å². The maximum atomic E-state index is 2.32. The van der Waals surface area contributed by atoms with Crippen LogP contribution in [0.2, 0.25) is 0 Å². The van der Waals surface area contributed by atoms with Gasteiger partial charge in [0.2, 0.25) is 0 Å². The average Bonchev–Trinajstić information content (AvgIpc) is 3.71. The molecule has 6 aromatic carbocycles. The first-order valence-electron chi connectivity index (χ1n) is 13.7. The molecular weight excluding hydrogens is 555 g/mol. The number of hydrogen-bond donors (Lipinski definition) is 0. The lowest BCUT2D eigenvalue weighted by Gasteiger charge is -2.20. The maximum absolute atomic E-state index is 2.32. The standard InChI is InChI=1S/C25H17NS2.C12H8S/c1-26(16-10-12-24-20(14-16)18-6-2-4-8-22(18)27-24)17-11-13-25-21(15-17)19-7-3-5-9-23(19)28-25;1-3-7-11-9(5-1)10-6-2-4-8-12(10)13-11/h2-15H,1H3;1-8H. The highest BCUT2D eigenvalue weighted by Crippen LogP contribution is 2.39. The van der Waals surface area contributed by atoms with Crippen LogP contribution in [0.3, 0.4) is 0 Å². The smallest absolute Gasteiger partial charge is 0.0415 e. The van der Waals surface area contributed by atoms with E-state index in [9.17, 15) is 0 Å². The quantitative estimate of drug-likeness (QED) is 0.197. The molecular formula is C37H25NS3. The van der Waals surface area contributed by atoms with Crippen molar-refractivity contribution in [3.8, 4) is 0 Å². The van der Waals surface area contributed by atoms with Crippen molar-refractivity contribution in [3.63, 3.8) is 0 Å². The lowest BCUT2D eigenvalue weighted by molar-refractivity contribution is 1.22. The van der Waals surface area contributed by atoms with Crippen molar-refractivity contribution in [2.75, 3.05) is 11.9 Å². The van der Waals surface area contributed by atoms with Gasteiger partial charge >= 0.3 is 0 Å². The fourth-order valence-electron chi connectivity index (χ4n) is 5.67. The third kappa shape index (κ3) is 4.27. The lowest BCUT2D eigenvalue weighted by atomic mass is 10.1. The summed E-state index contributed by atoms with van der Waals surface area (Å²) >= 11 is 5.59. The molecule has 0 aliphatic carbocycles. The molecule has 0 saturated heterocycles. The third-order valence-corrected chi connectivity index (χ3v) is 11.2. The van der Waals surface area contributed by atoms with E-state index >= 15 is 0 Å². The molecule has 0 unspecified atom stereocenters. The summed E-state index contributed by atoms with van der Waals surface area (Å²) in [5, 5.41) is 8.12. The van der Waals surface area contributed by atoms with Gasteiger partial charge < -0.3 is 4.90 Å². The van der Waals surface area contributed by atoms with E-state index in [2.05, 4.69) is 145 Å². The van der Waals surface area contributed by atoms with Crippen LogP contribution in [0.5, 0.6) is 0 Å². The Balaban J connectivity index is 0.000000164. The highest BCUT2D eigenvalue weighted by Gasteiger charge is 2.11. The van der Waals surface area contributed by atoms with Gasteiger partial charge in [0, 0.05) is 78.9 Å². The maximum Gasteiger partial charge on any atom is 0.0415 e. The Bertz CT molecular complexity index is 2190. The van der Waals surface area contributed by atoms with Gasteiger partial charge in [-0.1, -0.05) is 72.8 Å². The van der Waals surface area contributed by atoms with Crippen molar-refractivity contribution in [2.24, 2.45) is 0 Å². The minimum atomic E-state index is 1.22. The van der Waals surface area contributed by atoms with Crippen molar-refractivity contribution in [1.82, 2.24) is 0 Å². The average molecular weight is 580 g/mol. The number of nitrogens with zero attached hydrogens (tertiary/aromatic N) is 1. The van der Waals surface area contributed by atoms with Gasteiger partial charge in [-0.3, -0.25) is 0 Å². The molecule has 0 bridgehead atoms. The van der Waals surface area contributed by atoms with Crippen molar-refractivity contribution in [2.45, 2.75) is 0 Å². The first-order chi connectivity index (χ1) is 20.2. The molecule has 41 heavy (non-hydrogen) atoms. The Morgan fingerprint density at radius 3 is 1.00 bits per heavy atom. The summed E-state index contributed by atoms with van der Waals surface area (Å²) in [6.07, 6.45) is 0. The van der Waals surface area contributed by atoms with E-state index < -0.39 is 0 Å². The number of fused-ring (bicyclic) bond motifs is 9. The van der Waals surface area contributed by atoms with Gasteiger partial charge in [0.15, 0.2) is 0 Å². The summed E-state index contributed by atoms with van der Waals surface area (Å²) in [4.78, 5) is 2.29. The van der Waals surface area contributed by atoms with Crippen LogP contribution < -0.4 is 4.90 Å². The monoisotopic (exact) mass is 579 g/mol. The van der Waals surface area contributed by atoms with Crippen molar-refractivity contribution < 1.29 is 0 Å². The zero-order valence-corrected chi connectivity index (χ0v) is 24.8. The normalized spacial score (nSPS) is 11.5. The zero-order chi connectivity index (χ0) is 27.3. The van der Waals surface area contributed by atoms with Crippen LogP contribution in [-0.4, -0.2) is 7.05 Å². The molecule has 0 N–H and O–H groups in total. The predicted molar refractivity (Wildman–Crippen MR) is 186 cm³/mol. The molecule has 0 aliphatic rings. The molecule has 9 rings (SSSR count). The Morgan fingerprint density at radius 1 is 0.341 bits per heavy atom. The van der Waals surface area contributed by atoms with E-state index in [0.717, 1.165) is 0 Å². The summed E-state index contributed by atoms with van der Waals surface area (Å²) in [6, 6.07) is 48.1. The summed E-state index contributed by atoms with van der Waals surface area (Å²) in [6.45, 7) is 0. The Labute approximate surface area is 250 Å². The fourth-order valence-corrected chi connectivity index (χ4v) is 8.95. The van der Waals surface area contributed by atoms with Crippen LogP contribution in [0.4, 0.5) is 11.4 Å². The van der Waals surface area contributed by atoms with Gasteiger partial charge in [-0.05, 0) is 60.7 Å². The topological polar surface area (TPSA) is 3.24 Å². The number of benzene rings is 6. The molecule has 4 heteroatoms. The molecule has 196 valence electrons. The highest BCUT2D eigenvalue weighted by molar-refractivity contribution is 7.26. The van der Waals surface area contributed by atoms with E-state index in [0.29, 0.717) is 0 Å². The molecule has 9 aromatic rings. The van der Waals surface area contributed by atoms with Gasteiger partial charge in [-0.15, -0.1) is 34.0 Å². The van der Waals surface area contributed by atoms with Crippen molar-refractivity contribution in [1.29, 1.82) is 0 Å². The van der Waals surface area contributed by atoms with Crippen molar-refractivity contribution >= 4 is 106 Å². The van der Waals surface area contributed by atoms with E-state index in [1.807, 2.05) is 34.0 Å². The largest absolute Gasteiger partial charge is 0.345 e. The minimum Gasteiger partial charge on any atom is -0.345 e. The van der Waals surface area contributed by atoms with Crippen LogP contribution in [0.1, 0.15) is 0 Å². The predicted octanol–water partition coefficient (Wildman–Crippen LogP) is 12.2. The molecule has 0 saturated carbocycles. The fraction of sp³-hybridized carbons (Fsp3) is 0.0270. The second-order valence-electron chi connectivity index (χ2n) is 10.2. The number of thiophene rings is 3. The molecule has 3 aromatic heterocycles. The lowest BCUT2D eigenvalue weighted by Crippen LogP contribution is -2.08. The summed E-state index contributed by atoms with van der Waals surface area (Å²) in [7, 11) is 2.16. The molecule has 0 atom stereocenters. The highest BCUT2D eigenvalue weighted by atomic mass is 32.1. The van der Waals surface area contributed by atoms with Crippen LogP contribution in [0.25, 0.3) is 60.5 Å². The minimum absolute atomic E-state index is 1.22. The van der Waals surface area contributed by atoms with Crippen LogP contribution in [0, 0.1) is 0 Å². The first kappa shape index (κ1) is 24.6. The van der Waals surface area contributed by atoms with Gasteiger partial charge in [0.25, 0.3) is 0 Å². The van der Waals surface area contributed by atoms with Crippen molar-refractivity contribution in [3.05, 3.63) is 133 Å². The molecule has 0 spiro atoms. The van der Waals surface area contributed by atoms with E-state index in [4.69, 9.17) is 0 Å². The summed E-state index contributed by atoms with van der Waals surface area (Å²) in [5.74, 6) is 0. The van der Waals surface area contributed by atoms with Gasteiger partial charge in [-0.25, -0.2) is 0 Å². The van der Waals surface area contributed by atoms with Crippen LogP contribution in [-0.2, 0) is 0 Å². The molecule has 0 aliphatic heterocycles. The van der Waals surface area contributed by atoms with E-state index in [1.54, 1.807) is 0 Å². The Hall–Kier alpha value is -4.22. The zero-order valence-electron chi connectivity index (χ0n) is 22.4. The van der Waals surface area contributed by atoms with Gasteiger partial charge in [-0.2, -0.15) is 0 Å². The SMILES string of the molecule is CN(c1ccc2sc3ccccc3c2c1)c1ccc2sc3ccccc3c2c1.c1ccc2c(c1)sc1ccccc12. The number of hydrogen-bond acceptors (Lipinski definition) is 4. The molecule has 0 radical (unpaired) electrons. The number of anilines is 2. The Kier molecular flexibility index (Phi) is 5.99. The molecule has 3 heterocycles. The van der Waals surface area contributed by atoms with Crippen LogP contribution >= 0.6 is 34.0 Å². The van der Waals surface area contributed by atoms with E-state index in [-0.39, 0.29) is 0 Å². The molecule has 1 nitrogen and oxygen atoms in total. The summed E-state index contributed by atoms with van der Waals surface area (Å²) < 4.78 is 8.15. The summed E-state index contributed by atoms with van der Waals surface area (Å²) in [5.41, 5.74) is 2.44. The Morgan fingerprint density at radius 2 is 0.634 bits per heavy atom. The van der Waals surface area contributed by atoms with Crippen LogP contribution in [0.15, 0.2) is 133 Å². The third-order valence-electron chi connectivity index (χ3n) is 7.78. The molecule has 0 fully saturated rings. The molecule has 0 amide bonds. The number of rotatable bonds is 2. The second-order valence-corrected chi connectivity index (χ2v) is 13.5. The van der Waals surface area contributed by atoms with E-state index in [1.165, 1.54) is 71.9 Å². The van der Waals surface area contributed by atoms with Gasteiger partial charge in [0.05, 0.1) is 0 Å². The first-order valence-corrected chi connectivity index (χ1v) is 16.1. The second kappa shape index (κ2) is 10.0.